The molecule has 0 aliphatic carbocycles. The van der Waals surface area contributed by atoms with Crippen LogP contribution in [0.3, 0.4) is 0 Å². The van der Waals surface area contributed by atoms with Crippen LogP contribution in [0.15, 0.2) is 54.7 Å². The Morgan fingerprint density at radius 2 is 1.90 bits per heavy atom. The number of piperidine rings is 1. The van der Waals surface area contributed by atoms with Crippen LogP contribution in [-0.2, 0) is 21.5 Å². The molecule has 164 valence electrons. The number of H-pyrrole nitrogens is 1. The highest BCUT2D eigenvalue weighted by Crippen LogP contribution is 2.34. The van der Waals surface area contributed by atoms with Gasteiger partial charge in [0.15, 0.2) is 0 Å². The number of fused-ring (bicyclic) bond motifs is 1. The monoisotopic (exact) mass is 443 g/mol. The van der Waals surface area contributed by atoms with Crippen molar-refractivity contribution < 1.29 is 31.8 Å². The number of ether oxygens (including phenoxy) is 1. The van der Waals surface area contributed by atoms with E-state index in [4.69, 9.17) is 4.74 Å². The van der Waals surface area contributed by atoms with Crippen molar-refractivity contribution in [2.24, 2.45) is 0 Å². The molecule has 0 saturated carbocycles. The van der Waals surface area contributed by atoms with Gasteiger partial charge in [-0.15, -0.1) is 0 Å². The Morgan fingerprint density at radius 3 is 2.55 bits per heavy atom. The number of esters is 1. The maximum Gasteiger partial charge on any atom is 0.317 e. The third-order valence-corrected chi connectivity index (χ3v) is 6.21. The molecule has 4 rings (SSSR count). The second-order valence-corrected chi connectivity index (χ2v) is 7.90. The Kier molecular flexibility index (Phi) is 6.97. The van der Waals surface area contributed by atoms with Gasteiger partial charge in [-0.25, -0.2) is 0 Å². The summed E-state index contributed by atoms with van der Waals surface area (Å²) in [4.78, 5) is 28.3. The Morgan fingerprint density at radius 1 is 1.19 bits per heavy atom. The number of halogens is 1. The molecule has 0 atom stereocenters. The van der Waals surface area contributed by atoms with Gasteiger partial charge >= 0.3 is 5.97 Å². The number of benzene rings is 2. The highest BCUT2D eigenvalue weighted by molar-refractivity contribution is 5.85. The third-order valence-electron chi connectivity index (χ3n) is 6.21. The van der Waals surface area contributed by atoms with Crippen LogP contribution in [0, 0.1) is 10.1 Å². The number of non-ortho nitro benzene ring substituents is 1. The smallest absolute Gasteiger partial charge is 0.317 e. The number of carbonyl (C=O) groups is 1. The largest absolute Gasteiger partial charge is 1.00 e. The predicted octanol–water partition coefficient (Wildman–Crippen LogP) is -0.240. The summed E-state index contributed by atoms with van der Waals surface area (Å²) in [6, 6.07) is 14.8. The van der Waals surface area contributed by atoms with Crippen LogP contribution in [0.4, 0.5) is 5.69 Å². The van der Waals surface area contributed by atoms with Crippen LogP contribution >= 0.6 is 0 Å². The van der Waals surface area contributed by atoms with E-state index in [0.29, 0.717) is 19.4 Å². The summed E-state index contributed by atoms with van der Waals surface area (Å²) < 4.78 is 5.46. The van der Waals surface area contributed by atoms with E-state index in [2.05, 4.69) is 4.98 Å². The van der Waals surface area contributed by atoms with Crippen molar-refractivity contribution in [1.29, 1.82) is 0 Å². The van der Waals surface area contributed by atoms with E-state index < -0.39 is 5.41 Å². The number of carbonyl (C=O) groups excluding carboxylic acids is 1. The summed E-state index contributed by atoms with van der Waals surface area (Å²) in [7, 11) is 0. The van der Waals surface area contributed by atoms with Crippen molar-refractivity contribution in [2.75, 3.05) is 19.7 Å². The van der Waals surface area contributed by atoms with Crippen molar-refractivity contribution in [3.05, 3.63) is 76.0 Å². The minimum atomic E-state index is -0.597. The van der Waals surface area contributed by atoms with Crippen LogP contribution in [0.1, 0.15) is 30.9 Å². The summed E-state index contributed by atoms with van der Waals surface area (Å²) in [6.07, 6.45) is 3.37. The highest BCUT2D eigenvalue weighted by Gasteiger charge is 2.45. The van der Waals surface area contributed by atoms with Crippen LogP contribution < -0.4 is 17.3 Å². The number of rotatable bonds is 6. The first-order chi connectivity index (χ1) is 14.5. The average molecular weight is 444 g/mol. The topological polar surface area (TPSA) is 89.7 Å². The molecule has 31 heavy (non-hydrogen) atoms. The number of aromatic amines is 1. The molecular weight excluding hydrogens is 418 g/mol. The van der Waals surface area contributed by atoms with E-state index in [1.54, 1.807) is 12.1 Å². The molecule has 3 aromatic rings. The quantitative estimate of drug-likeness (QED) is 0.312. The molecule has 8 heteroatoms. The van der Waals surface area contributed by atoms with Crippen molar-refractivity contribution in [2.45, 2.75) is 31.7 Å². The molecular formula is C23H26ClN3O4. The molecule has 1 aromatic heterocycles. The lowest BCUT2D eigenvalue weighted by Crippen LogP contribution is -3.12. The number of quaternary nitrogens is 1. The van der Waals surface area contributed by atoms with Gasteiger partial charge in [0.25, 0.3) is 5.69 Å². The zero-order valence-corrected chi connectivity index (χ0v) is 18.2. The summed E-state index contributed by atoms with van der Waals surface area (Å²) >= 11 is 0. The molecule has 0 spiro atoms. The summed E-state index contributed by atoms with van der Waals surface area (Å²) in [6.45, 7) is 4.63. The Bertz CT molecular complexity index is 1060. The number of hydrogen-bond donors (Lipinski definition) is 2. The van der Waals surface area contributed by atoms with E-state index in [-0.39, 0.29) is 29.0 Å². The molecule has 0 bridgehead atoms. The van der Waals surface area contributed by atoms with Gasteiger partial charge in [0.05, 0.1) is 24.6 Å². The zero-order valence-electron chi connectivity index (χ0n) is 17.4. The molecule has 0 unspecified atom stereocenters. The number of hydrogen-bond acceptors (Lipinski definition) is 4. The van der Waals surface area contributed by atoms with E-state index in [1.165, 1.54) is 11.0 Å². The van der Waals surface area contributed by atoms with Gasteiger partial charge in [-0.1, -0.05) is 30.3 Å². The lowest BCUT2D eigenvalue weighted by atomic mass is 9.72. The standard InChI is InChI=1S/C23H25N3O4.ClH/c1-2-30-22(27)23(18-6-4-3-5-7-18)10-12-25(13-11-23)16-17-15-24-21-9-8-19(26(28)29)14-20(17)21;/h3-9,14-15,24H,2,10-13,16H2,1H3;1H. The molecule has 0 radical (unpaired) electrons. The fourth-order valence-electron chi connectivity index (χ4n) is 4.54. The Balaban J connectivity index is 0.00000272. The Labute approximate surface area is 186 Å². The van der Waals surface area contributed by atoms with Gasteiger partial charge in [-0.2, -0.15) is 0 Å². The van der Waals surface area contributed by atoms with E-state index in [1.807, 2.05) is 43.5 Å². The van der Waals surface area contributed by atoms with Gasteiger partial charge in [0.1, 0.15) is 12.0 Å². The molecule has 1 fully saturated rings. The maximum atomic E-state index is 12.9. The summed E-state index contributed by atoms with van der Waals surface area (Å²) in [5.74, 6) is -0.141. The van der Waals surface area contributed by atoms with E-state index in [9.17, 15) is 14.9 Å². The second kappa shape index (κ2) is 9.49. The lowest BCUT2D eigenvalue weighted by molar-refractivity contribution is -0.919. The molecule has 2 aromatic carbocycles. The van der Waals surface area contributed by atoms with Crippen molar-refractivity contribution >= 4 is 22.6 Å². The predicted molar refractivity (Wildman–Crippen MR) is 113 cm³/mol. The molecule has 1 saturated heterocycles. The van der Waals surface area contributed by atoms with Crippen molar-refractivity contribution in [3.63, 3.8) is 0 Å². The highest BCUT2D eigenvalue weighted by atomic mass is 35.5. The fourth-order valence-corrected chi connectivity index (χ4v) is 4.54. The minimum absolute atomic E-state index is 0. The van der Waals surface area contributed by atoms with Gasteiger partial charge in [-0.3, -0.25) is 14.9 Å². The summed E-state index contributed by atoms with van der Waals surface area (Å²) in [5.41, 5.74) is 2.48. The van der Waals surface area contributed by atoms with E-state index in [0.717, 1.165) is 41.7 Å². The number of nitro benzene ring substituents is 1. The number of aromatic nitrogens is 1. The minimum Gasteiger partial charge on any atom is -1.00 e. The van der Waals surface area contributed by atoms with Crippen LogP contribution in [0.2, 0.25) is 0 Å². The van der Waals surface area contributed by atoms with Gasteiger partial charge in [0, 0.05) is 47.6 Å². The normalized spacial score (nSPS) is 20.7. The van der Waals surface area contributed by atoms with Gasteiger partial charge in [0.2, 0.25) is 0 Å². The Hall–Kier alpha value is -2.90. The maximum absolute atomic E-state index is 12.9. The first-order valence-corrected chi connectivity index (χ1v) is 10.3. The van der Waals surface area contributed by atoms with Gasteiger partial charge in [-0.05, 0) is 18.6 Å². The van der Waals surface area contributed by atoms with Crippen molar-refractivity contribution in [3.8, 4) is 0 Å². The van der Waals surface area contributed by atoms with Crippen LogP contribution in [-0.4, -0.2) is 35.6 Å². The molecule has 1 aliphatic heterocycles. The molecule has 2 heterocycles. The second-order valence-electron chi connectivity index (χ2n) is 7.90. The number of nitrogens with one attached hydrogen (secondary N) is 2. The lowest BCUT2D eigenvalue weighted by Gasteiger charge is -2.38. The molecule has 1 aliphatic rings. The number of nitrogens with zero attached hydrogens (tertiary/aromatic N) is 1. The van der Waals surface area contributed by atoms with E-state index >= 15 is 0 Å². The van der Waals surface area contributed by atoms with Gasteiger partial charge < -0.3 is 27.0 Å². The van der Waals surface area contributed by atoms with Crippen LogP contribution in [0.25, 0.3) is 10.9 Å². The fraction of sp³-hybridized carbons (Fsp3) is 0.348. The first-order valence-electron chi connectivity index (χ1n) is 10.3. The first kappa shape index (κ1) is 22.8. The average Bonchev–Trinajstić information content (AvgIpc) is 3.17. The van der Waals surface area contributed by atoms with Crippen molar-refractivity contribution in [1.82, 2.24) is 4.98 Å². The summed E-state index contributed by atoms with van der Waals surface area (Å²) in [5, 5.41) is 12.0. The number of likely N-dealkylation sites (tertiary alicyclic amines) is 1. The molecule has 7 nitrogen and oxygen atoms in total. The molecule has 0 amide bonds. The molecule has 2 N–H and O–H groups in total. The number of nitro groups is 1. The third kappa shape index (κ3) is 4.43. The van der Waals surface area contributed by atoms with Crippen LogP contribution in [0.5, 0.6) is 0 Å². The SMILES string of the molecule is CCOC(=O)C1(c2ccccc2)CC[NH+](Cc2c[nH]c3ccc([N+](=O)[O-])cc23)CC1.[Cl-]. The zero-order chi connectivity index (χ0) is 21.1.